The molecular weight excluding hydrogens is 805 g/mol. The average molecular weight is 907 g/mol. The van der Waals surface area contributed by atoms with E-state index >= 15 is 0 Å². The smallest absolute Gasteiger partial charge is 0.306 e. The number of hydrogen-bond donors (Lipinski definition) is 0. The molecule has 0 fully saturated rings. The van der Waals surface area contributed by atoms with Gasteiger partial charge in [0.1, 0.15) is 13.2 Å². The number of carbonyl (C=O) groups is 3. The summed E-state index contributed by atoms with van der Waals surface area (Å²) in [5.74, 6) is -0.911. The molecule has 0 spiro atoms. The highest BCUT2D eigenvalue weighted by atomic mass is 16.6. The zero-order valence-corrected chi connectivity index (χ0v) is 42.7. The van der Waals surface area contributed by atoms with Crippen LogP contribution in [0.1, 0.15) is 265 Å². The second-order valence-electron chi connectivity index (χ2n) is 18.3. The SMILES string of the molecule is CCC\C=C/C=C\C=C/C=C\C=C/CCCCCCCC(=O)OC(COC(=O)CCCCCCCCC/C=C\CCCCCCCCCC)COC(=O)CCCCCCCCCCCC. The van der Waals surface area contributed by atoms with Gasteiger partial charge in [-0.3, -0.25) is 14.4 Å². The van der Waals surface area contributed by atoms with E-state index in [-0.39, 0.29) is 31.1 Å². The first-order valence-corrected chi connectivity index (χ1v) is 27.5. The van der Waals surface area contributed by atoms with Gasteiger partial charge in [0.25, 0.3) is 0 Å². The van der Waals surface area contributed by atoms with Gasteiger partial charge in [-0.1, -0.05) is 254 Å². The lowest BCUT2D eigenvalue weighted by Gasteiger charge is -2.18. The van der Waals surface area contributed by atoms with Gasteiger partial charge in [-0.2, -0.15) is 0 Å². The zero-order chi connectivity index (χ0) is 47.2. The van der Waals surface area contributed by atoms with Crippen LogP contribution in [0.15, 0.2) is 72.9 Å². The van der Waals surface area contributed by atoms with Gasteiger partial charge in [0.2, 0.25) is 0 Å². The summed E-state index contributed by atoms with van der Waals surface area (Å²) in [6.07, 6.45) is 67.4. The lowest BCUT2D eigenvalue weighted by Crippen LogP contribution is -2.30. The fraction of sp³-hybridized carbons (Fsp3) is 0.746. The Balaban J connectivity index is 4.38. The van der Waals surface area contributed by atoms with Gasteiger partial charge in [0.15, 0.2) is 6.10 Å². The lowest BCUT2D eigenvalue weighted by atomic mass is 10.1. The van der Waals surface area contributed by atoms with Crippen LogP contribution in [0.4, 0.5) is 0 Å². The van der Waals surface area contributed by atoms with Gasteiger partial charge in [0.05, 0.1) is 0 Å². The van der Waals surface area contributed by atoms with Crippen molar-refractivity contribution in [3.05, 3.63) is 72.9 Å². The molecule has 6 nitrogen and oxygen atoms in total. The van der Waals surface area contributed by atoms with Crippen LogP contribution in [0.3, 0.4) is 0 Å². The molecule has 6 heteroatoms. The van der Waals surface area contributed by atoms with E-state index in [1.165, 1.54) is 141 Å². The molecule has 0 aliphatic heterocycles. The lowest BCUT2D eigenvalue weighted by molar-refractivity contribution is -0.167. The maximum absolute atomic E-state index is 12.8. The topological polar surface area (TPSA) is 78.9 Å². The summed E-state index contributed by atoms with van der Waals surface area (Å²) < 4.78 is 16.8. The summed E-state index contributed by atoms with van der Waals surface area (Å²) in [4.78, 5) is 38.0. The first-order valence-electron chi connectivity index (χ1n) is 27.5. The molecule has 0 rings (SSSR count). The Labute approximate surface area is 402 Å². The number of ether oxygens (including phenoxy) is 3. The van der Waals surface area contributed by atoms with E-state index in [2.05, 4.69) is 69.4 Å². The Bertz CT molecular complexity index is 1230. The second kappa shape index (κ2) is 53.5. The average Bonchev–Trinajstić information content (AvgIpc) is 3.30. The van der Waals surface area contributed by atoms with E-state index in [0.29, 0.717) is 19.3 Å². The third-order valence-corrected chi connectivity index (χ3v) is 11.8. The summed E-state index contributed by atoms with van der Waals surface area (Å²) >= 11 is 0. The second-order valence-corrected chi connectivity index (χ2v) is 18.3. The summed E-state index contributed by atoms with van der Waals surface area (Å²) in [6.45, 7) is 6.53. The zero-order valence-electron chi connectivity index (χ0n) is 42.7. The molecule has 0 saturated carbocycles. The molecule has 0 heterocycles. The monoisotopic (exact) mass is 907 g/mol. The molecule has 0 aromatic heterocycles. The van der Waals surface area contributed by atoms with E-state index in [1.807, 2.05) is 24.3 Å². The van der Waals surface area contributed by atoms with Crippen molar-refractivity contribution >= 4 is 17.9 Å². The molecule has 1 unspecified atom stereocenters. The quantitative estimate of drug-likeness (QED) is 0.0199. The van der Waals surface area contributed by atoms with E-state index in [0.717, 1.165) is 83.5 Å². The molecule has 0 aliphatic carbocycles. The minimum atomic E-state index is -0.788. The Kier molecular flexibility index (Phi) is 50.9. The van der Waals surface area contributed by atoms with Crippen molar-refractivity contribution in [2.75, 3.05) is 13.2 Å². The number of hydrogen-bond acceptors (Lipinski definition) is 6. The van der Waals surface area contributed by atoms with Crippen LogP contribution in [-0.2, 0) is 28.6 Å². The molecule has 0 bridgehead atoms. The van der Waals surface area contributed by atoms with Crippen LogP contribution in [0.25, 0.3) is 0 Å². The predicted octanol–water partition coefficient (Wildman–Crippen LogP) is 18.2. The van der Waals surface area contributed by atoms with Gasteiger partial charge in [-0.25, -0.2) is 0 Å². The van der Waals surface area contributed by atoms with E-state index in [1.54, 1.807) is 0 Å². The Morgan fingerprint density at radius 1 is 0.308 bits per heavy atom. The molecular formula is C59H102O6. The van der Waals surface area contributed by atoms with Crippen molar-refractivity contribution < 1.29 is 28.6 Å². The molecule has 0 aromatic rings. The third-order valence-electron chi connectivity index (χ3n) is 11.8. The normalized spacial score (nSPS) is 12.6. The van der Waals surface area contributed by atoms with Crippen molar-refractivity contribution in [3.8, 4) is 0 Å². The molecule has 1 atom stereocenters. The maximum atomic E-state index is 12.8. The van der Waals surface area contributed by atoms with Crippen LogP contribution in [0, 0.1) is 0 Å². The minimum absolute atomic E-state index is 0.0859. The van der Waals surface area contributed by atoms with Crippen molar-refractivity contribution in [1.29, 1.82) is 0 Å². The molecule has 0 aromatic carbocycles. The summed E-state index contributed by atoms with van der Waals surface area (Å²) in [7, 11) is 0. The summed E-state index contributed by atoms with van der Waals surface area (Å²) in [6, 6.07) is 0. The van der Waals surface area contributed by atoms with E-state index < -0.39 is 6.10 Å². The van der Waals surface area contributed by atoms with Crippen molar-refractivity contribution in [2.45, 2.75) is 271 Å². The molecule has 0 saturated heterocycles. The summed E-state index contributed by atoms with van der Waals surface area (Å²) in [5.41, 5.74) is 0. The van der Waals surface area contributed by atoms with Gasteiger partial charge < -0.3 is 14.2 Å². The number of carbonyl (C=O) groups excluding carboxylic acids is 3. The van der Waals surface area contributed by atoms with Crippen LogP contribution in [0.5, 0.6) is 0 Å². The van der Waals surface area contributed by atoms with Crippen LogP contribution in [-0.4, -0.2) is 37.2 Å². The number of esters is 3. The number of allylic oxidation sites excluding steroid dienone is 12. The van der Waals surface area contributed by atoms with E-state index in [9.17, 15) is 14.4 Å². The van der Waals surface area contributed by atoms with Gasteiger partial charge in [0, 0.05) is 19.3 Å². The molecule has 65 heavy (non-hydrogen) atoms. The first-order chi connectivity index (χ1) is 32.0. The molecule has 0 radical (unpaired) electrons. The Hall–Kier alpha value is -3.15. The van der Waals surface area contributed by atoms with E-state index in [4.69, 9.17) is 14.2 Å². The summed E-state index contributed by atoms with van der Waals surface area (Å²) in [5, 5.41) is 0. The standard InChI is InChI=1S/C59H102O6/c1-4-7-10-13-16-19-22-24-26-28-30-32-33-35-37-40-43-46-49-52-58(61)64-55-56(54-63-57(60)51-48-45-42-39-21-18-15-12-9-6-3)65-59(62)53-50-47-44-41-38-36-34-31-29-27-25-23-20-17-14-11-8-5-2/h11,14,17,20,23,25,27-31,34,56H,4-10,12-13,15-16,18-19,21-22,24,26,32-33,35-55H2,1-3H3/b14-11-,20-17-,25-23-,29-27-,30-28-,34-31-. The molecule has 0 amide bonds. The third kappa shape index (κ3) is 51.7. The highest BCUT2D eigenvalue weighted by Gasteiger charge is 2.19. The Morgan fingerprint density at radius 2 is 0.600 bits per heavy atom. The fourth-order valence-electron chi connectivity index (χ4n) is 7.64. The Morgan fingerprint density at radius 3 is 0.969 bits per heavy atom. The highest BCUT2D eigenvalue weighted by Crippen LogP contribution is 2.15. The van der Waals surface area contributed by atoms with Crippen LogP contribution in [0.2, 0.25) is 0 Å². The predicted molar refractivity (Wildman–Crippen MR) is 279 cm³/mol. The first kappa shape index (κ1) is 61.9. The molecule has 0 aliphatic rings. The number of unbranched alkanes of at least 4 members (excludes halogenated alkanes) is 30. The maximum Gasteiger partial charge on any atom is 0.306 e. The highest BCUT2D eigenvalue weighted by molar-refractivity contribution is 5.71. The van der Waals surface area contributed by atoms with Crippen molar-refractivity contribution in [3.63, 3.8) is 0 Å². The van der Waals surface area contributed by atoms with Crippen molar-refractivity contribution in [2.24, 2.45) is 0 Å². The van der Waals surface area contributed by atoms with Crippen molar-refractivity contribution in [1.82, 2.24) is 0 Å². The number of rotatable bonds is 49. The minimum Gasteiger partial charge on any atom is -0.462 e. The molecule has 0 N–H and O–H groups in total. The van der Waals surface area contributed by atoms with Gasteiger partial charge in [-0.15, -0.1) is 0 Å². The van der Waals surface area contributed by atoms with Crippen LogP contribution >= 0.6 is 0 Å². The van der Waals surface area contributed by atoms with Crippen LogP contribution < -0.4 is 0 Å². The fourth-order valence-corrected chi connectivity index (χ4v) is 7.64. The molecule has 374 valence electrons. The van der Waals surface area contributed by atoms with Gasteiger partial charge >= 0.3 is 17.9 Å². The largest absolute Gasteiger partial charge is 0.462 e. The van der Waals surface area contributed by atoms with Gasteiger partial charge in [-0.05, 0) is 64.2 Å².